The quantitative estimate of drug-likeness (QED) is 0.504. The molecule has 1 fully saturated rings. The van der Waals surface area contributed by atoms with Gasteiger partial charge in [0.15, 0.2) is 0 Å². The normalized spacial score (nSPS) is 19.8. The van der Waals surface area contributed by atoms with Gasteiger partial charge in [-0.3, -0.25) is 14.6 Å². The summed E-state index contributed by atoms with van der Waals surface area (Å²) >= 11 is 1.46. The van der Waals surface area contributed by atoms with E-state index in [4.69, 9.17) is 0 Å². The molecule has 0 aromatic carbocycles. The number of Topliss-reactive ketones (excluding diaryl/α,β-unsaturated/α-hetero) is 1. The van der Waals surface area contributed by atoms with Gasteiger partial charge in [0.05, 0.1) is 11.6 Å². The summed E-state index contributed by atoms with van der Waals surface area (Å²) in [7, 11) is 3.82. The van der Waals surface area contributed by atoms with E-state index in [-0.39, 0.29) is 11.3 Å². The first-order valence-electron chi connectivity index (χ1n) is 7.87. The number of carbonyl (C=O) groups excluding carboxylic acids is 2. The zero-order valence-electron chi connectivity index (χ0n) is 14.0. The number of aliphatic hydroxyl groups excluding tert-OH is 1. The fourth-order valence-electron chi connectivity index (χ4n) is 2.83. The molecule has 1 N–H and O–H groups in total. The van der Waals surface area contributed by atoms with Crippen LogP contribution in [0.4, 0.5) is 0 Å². The van der Waals surface area contributed by atoms with Gasteiger partial charge in [0.1, 0.15) is 5.76 Å². The molecule has 1 amide bonds. The Morgan fingerprint density at radius 2 is 2.00 bits per heavy atom. The molecule has 3 rings (SSSR count). The van der Waals surface area contributed by atoms with Crippen LogP contribution in [0.15, 0.2) is 47.6 Å². The highest BCUT2D eigenvalue weighted by Crippen LogP contribution is 2.40. The number of likely N-dealkylation sites (N-methyl/N-ethyl adjacent to an activating group) is 1. The minimum Gasteiger partial charge on any atom is -0.507 e. The van der Waals surface area contributed by atoms with E-state index < -0.39 is 17.7 Å². The van der Waals surface area contributed by atoms with Crippen molar-refractivity contribution in [3.05, 3.63) is 58.1 Å². The standard InChI is InChI=1S/C18H19N3O3S/c1-20(2)9-10-21-15(13-4-3-11-25-13)14(17(23)18(21)24)16(22)12-5-7-19-8-6-12/h3-8,11,15,22H,9-10H2,1-2H3/b16-14-. The highest BCUT2D eigenvalue weighted by atomic mass is 32.1. The SMILES string of the molecule is CN(C)CCN1C(=O)C(=O)/C(=C(\O)c2ccncc2)C1c1cccs1. The molecule has 2 aromatic rings. The Hall–Kier alpha value is -2.51. The van der Waals surface area contributed by atoms with Gasteiger partial charge in [-0.05, 0) is 37.7 Å². The zero-order chi connectivity index (χ0) is 18.0. The molecule has 1 aliphatic rings. The Morgan fingerprint density at radius 1 is 1.28 bits per heavy atom. The lowest BCUT2D eigenvalue weighted by atomic mass is 10.0. The van der Waals surface area contributed by atoms with Crippen molar-refractivity contribution in [3.8, 4) is 0 Å². The molecule has 25 heavy (non-hydrogen) atoms. The number of rotatable bonds is 5. The van der Waals surface area contributed by atoms with E-state index in [2.05, 4.69) is 4.98 Å². The number of ketones is 1. The number of carbonyl (C=O) groups is 2. The second-order valence-corrected chi connectivity index (χ2v) is 7.03. The number of hydrogen-bond acceptors (Lipinski definition) is 6. The Balaban J connectivity index is 2.09. The van der Waals surface area contributed by atoms with Crippen LogP contribution in [0.1, 0.15) is 16.5 Å². The fraction of sp³-hybridized carbons (Fsp3) is 0.278. The first-order valence-corrected chi connectivity index (χ1v) is 8.75. The van der Waals surface area contributed by atoms with Crippen molar-refractivity contribution in [2.75, 3.05) is 27.2 Å². The number of pyridine rings is 1. The number of amides is 1. The monoisotopic (exact) mass is 357 g/mol. The molecule has 2 aromatic heterocycles. The molecule has 1 atom stereocenters. The molecule has 0 spiro atoms. The van der Waals surface area contributed by atoms with Gasteiger partial charge in [-0.25, -0.2) is 0 Å². The highest BCUT2D eigenvalue weighted by molar-refractivity contribution is 7.10. The number of nitrogens with zero attached hydrogens (tertiary/aromatic N) is 3. The predicted octanol–water partition coefficient (Wildman–Crippen LogP) is 2.13. The highest BCUT2D eigenvalue weighted by Gasteiger charge is 2.46. The molecule has 3 heterocycles. The van der Waals surface area contributed by atoms with E-state index in [1.807, 2.05) is 36.5 Å². The topological polar surface area (TPSA) is 73.7 Å². The number of hydrogen-bond donors (Lipinski definition) is 1. The van der Waals surface area contributed by atoms with Crippen molar-refractivity contribution in [3.63, 3.8) is 0 Å². The Labute approximate surface area is 150 Å². The van der Waals surface area contributed by atoms with Crippen LogP contribution in [0.3, 0.4) is 0 Å². The van der Waals surface area contributed by atoms with Gasteiger partial charge in [0.2, 0.25) is 0 Å². The Kier molecular flexibility index (Phi) is 4.96. The van der Waals surface area contributed by atoms with Crippen LogP contribution in [0, 0.1) is 0 Å². The third-order valence-electron chi connectivity index (χ3n) is 4.09. The molecule has 0 saturated carbocycles. The van der Waals surface area contributed by atoms with Crippen molar-refractivity contribution in [1.29, 1.82) is 0 Å². The molecule has 1 unspecified atom stereocenters. The maximum Gasteiger partial charge on any atom is 0.295 e. The maximum atomic E-state index is 12.6. The average molecular weight is 357 g/mol. The van der Waals surface area contributed by atoms with Gasteiger partial charge in [-0.1, -0.05) is 6.07 Å². The predicted molar refractivity (Wildman–Crippen MR) is 96.1 cm³/mol. The first-order chi connectivity index (χ1) is 12.0. The molecule has 7 heteroatoms. The van der Waals surface area contributed by atoms with Gasteiger partial charge in [-0.15, -0.1) is 11.3 Å². The lowest BCUT2D eigenvalue weighted by Crippen LogP contribution is -2.35. The lowest BCUT2D eigenvalue weighted by molar-refractivity contribution is -0.140. The van der Waals surface area contributed by atoms with E-state index in [0.717, 1.165) is 4.88 Å². The van der Waals surface area contributed by atoms with Crippen molar-refractivity contribution in [2.24, 2.45) is 0 Å². The average Bonchev–Trinajstić information content (AvgIpc) is 3.21. The molecule has 0 radical (unpaired) electrons. The van der Waals surface area contributed by atoms with Gasteiger partial charge >= 0.3 is 0 Å². The van der Waals surface area contributed by atoms with Crippen molar-refractivity contribution in [2.45, 2.75) is 6.04 Å². The summed E-state index contributed by atoms with van der Waals surface area (Å²) in [4.78, 5) is 33.5. The van der Waals surface area contributed by atoms with Crippen LogP contribution in [-0.2, 0) is 9.59 Å². The van der Waals surface area contributed by atoms with Crippen LogP contribution in [-0.4, -0.2) is 58.8 Å². The van der Waals surface area contributed by atoms with Gasteiger partial charge in [0, 0.05) is 35.9 Å². The molecular formula is C18H19N3O3S. The number of likely N-dealkylation sites (tertiary alicyclic amines) is 1. The molecule has 1 saturated heterocycles. The molecule has 6 nitrogen and oxygen atoms in total. The summed E-state index contributed by atoms with van der Waals surface area (Å²) in [5.41, 5.74) is 0.611. The van der Waals surface area contributed by atoms with Crippen LogP contribution in [0.5, 0.6) is 0 Å². The fourth-order valence-corrected chi connectivity index (χ4v) is 3.67. The lowest BCUT2D eigenvalue weighted by Gasteiger charge is -2.25. The minimum absolute atomic E-state index is 0.136. The number of aromatic nitrogens is 1. The molecular weight excluding hydrogens is 338 g/mol. The summed E-state index contributed by atoms with van der Waals surface area (Å²) in [5, 5.41) is 12.6. The number of aliphatic hydroxyl groups is 1. The summed E-state index contributed by atoms with van der Waals surface area (Å²) in [6.45, 7) is 1.04. The third kappa shape index (κ3) is 3.33. The molecule has 130 valence electrons. The first kappa shape index (κ1) is 17.3. The Morgan fingerprint density at radius 3 is 2.60 bits per heavy atom. The molecule has 0 bridgehead atoms. The van der Waals surface area contributed by atoms with E-state index in [1.54, 1.807) is 17.0 Å². The summed E-state index contributed by atoms with van der Waals surface area (Å²) in [5.74, 6) is -1.38. The number of thiophene rings is 1. The van der Waals surface area contributed by atoms with Gasteiger partial charge in [-0.2, -0.15) is 0 Å². The van der Waals surface area contributed by atoms with Crippen molar-refractivity contribution < 1.29 is 14.7 Å². The third-order valence-corrected chi connectivity index (χ3v) is 5.02. The van der Waals surface area contributed by atoms with Crippen molar-refractivity contribution >= 4 is 28.8 Å². The molecule has 0 aliphatic carbocycles. The van der Waals surface area contributed by atoms with Crippen LogP contribution >= 0.6 is 11.3 Å². The maximum absolute atomic E-state index is 12.6. The van der Waals surface area contributed by atoms with Gasteiger partial charge < -0.3 is 14.9 Å². The zero-order valence-corrected chi connectivity index (χ0v) is 14.9. The van der Waals surface area contributed by atoms with Crippen LogP contribution < -0.4 is 0 Å². The van der Waals surface area contributed by atoms with Gasteiger partial charge in [0.25, 0.3) is 11.7 Å². The van der Waals surface area contributed by atoms with Crippen molar-refractivity contribution in [1.82, 2.24) is 14.8 Å². The van der Waals surface area contributed by atoms with E-state index in [1.165, 1.54) is 23.7 Å². The van der Waals surface area contributed by atoms with Crippen LogP contribution in [0.25, 0.3) is 5.76 Å². The second-order valence-electron chi connectivity index (χ2n) is 6.05. The Bertz CT molecular complexity index is 800. The van der Waals surface area contributed by atoms with E-state index >= 15 is 0 Å². The summed E-state index contributed by atoms with van der Waals surface area (Å²) < 4.78 is 0. The largest absolute Gasteiger partial charge is 0.507 e. The summed E-state index contributed by atoms with van der Waals surface area (Å²) in [6, 6.07) is 6.43. The summed E-state index contributed by atoms with van der Waals surface area (Å²) in [6.07, 6.45) is 3.08. The van der Waals surface area contributed by atoms with E-state index in [9.17, 15) is 14.7 Å². The van der Waals surface area contributed by atoms with Crippen LogP contribution in [0.2, 0.25) is 0 Å². The van der Waals surface area contributed by atoms with E-state index in [0.29, 0.717) is 18.7 Å². The minimum atomic E-state index is -0.647. The second kappa shape index (κ2) is 7.16. The smallest absolute Gasteiger partial charge is 0.295 e. The molecule has 1 aliphatic heterocycles.